The lowest BCUT2D eigenvalue weighted by molar-refractivity contribution is -0.0349. The first-order valence-corrected chi connectivity index (χ1v) is 6.69. The van der Waals surface area contributed by atoms with E-state index < -0.39 is 24.4 Å². The summed E-state index contributed by atoms with van der Waals surface area (Å²) in [6.07, 6.45) is -1.81. The molecular weight excluding hydrogens is 274 g/mol. The first-order valence-electron chi connectivity index (χ1n) is 6.69. The zero-order valence-corrected chi connectivity index (χ0v) is 11.5. The van der Waals surface area contributed by atoms with E-state index in [0.29, 0.717) is 5.69 Å². The Labute approximate surface area is 121 Å². The zero-order valence-electron chi connectivity index (χ0n) is 11.5. The maximum atomic E-state index is 10.1. The SMILES string of the molecule is COC[C@H]1O[C@H](c2cnn(-c3ccccc3)n2)[C@@H](O)[C@H]1O. The van der Waals surface area contributed by atoms with Gasteiger partial charge in [0.25, 0.3) is 0 Å². The molecule has 0 saturated carbocycles. The van der Waals surface area contributed by atoms with Gasteiger partial charge in [-0.15, -0.1) is 0 Å². The van der Waals surface area contributed by atoms with Crippen LogP contribution >= 0.6 is 0 Å². The number of nitrogens with zero attached hydrogens (tertiary/aromatic N) is 3. The van der Waals surface area contributed by atoms with Crippen molar-refractivity contribution in [3.63, 3.8) is 0 Å². The van der Waals surface area contributed by atoms with Gasteiger partial charge in [-0.3, -0.25) is 0 Å². The third-order valence-electron chi connectivity index (χ3n) is 3.48. The van der Waals surface area contributed by atoms with Crippen LogP contribution in [-0.2, 0) is 9.47 Å². The molecule has 1 saturated heterocycles. The Morgan fingerprint density at radius 1 is 1.24 bits per heavy atom. The van der Waals surface area contributed by atoms with Gasteiger partial charge in [-0.05, 0) is 12.1 Å². The van der Waals surface area contributed by atoms with Crippen molar-refractivity contribution in [1.29, 1.82) is 0 Å². The number of methoxy groups -OCH3 is 1. The van der Waals surface area contributed by atoms with Gasteiger partial charge in [0.05, 0.1) is 18.5 Å². The van der Waals surface area contributed by atoms with Gasteiger partial charge < -0.3 is 19.7 Å². The predicted octanol–water partition coefficient (Wildman–Crippen LogP) is 0.0754. The molecule has 1 aliphatic rings. The molecule has 21 heavy (non-hydrogen) atoms. The highest BCUT2D eigenvalue weighted by Crippen LogP contribution is 2.32. The first kappa shape index (κ1) is 14.2. The van der Waals surface area contributed by atoms with Gasteiger partial charge in [0, 0.05) is 7.11 Å². The maximum Gasteiger partial charge on any atom is 0.132 e. The van der Waals surface area contributed by atoms with Gasteiger partial charge >= 0.3 is 0 Å². The number of hydrogen-bond acceptors (Lipinski definition) is 6. The lowest BCUT2D eigenvalue weighted by Gasteiger charge is -2.12. The fourth-order valence-corrected chi connectivity index (χ4v) is 2.39. The molecule has 0 aliphatic carbocycles. The number of rotatable bonds is 4. The van der Waals surface area contributed by atoms with Crippen LogP contribution in [0.3, 0.4) is 0 Å². The van der Waals surface area contributed by atoms with Gasteiger partial charge in [-0.2, -0.15) is 15.0 Å². The van der Waals surface area contributed by atoms with Crippen LogP contribution in [0.2, 0.25) is 0 Å². The van der Waals surface area contributed by atoms with Gasteiger partial charge in [-0.1, -0.05) is 18.2 Å². The van der Waals surface area contributed by atoms with Gasteiger partial charge in [-0.25, -0.2) is 0 Å². The molecule has 2 heterocycles. The fourth-order valence-electron chi connectivity index (χ4n) is 2.39. The molecule has 1 aromatic heterocycles. The van der Waals surface area contributed by atoms with Crippen molar-refractivity contribution in [2.45, 2.75) is 24.4 Å². The average molecular weight is 291 g/mol. The Bertz CT molecular complexity index is 589. The normalized spacial score (nSPS) is 28.9. The topological polar surface area (TPSA) is 89.6 Å². The monoisotopic (exact) mass is 291 g/mol. The van der Waals surface area contributed by atoms with Crippen molar-refractivity contribution >= 4 is 0 Å². The highest BCUT2D eigenvalue weighted by molar-refractivity contribution is 5.28. The molecule has 0 amide bonds. The lowest BCUT2D eigenvalue weighted by Crippen LogP contribution is -2.33. The summed E-state index contributed by atoms with van der Waals surface area (Å²) >= 11 is 0. The van der Waals surface area contributed by atoms with E-state index in [0.717, 1.165) is 5.69 Å². The van der Waals surface area contributed by atoms with Crippen LogP contribution < -0.4 is 0 Å². The van der Waals surface area contributed by atoms with E-state index in [2.05, 4.69) is 10.2 Å². The minimum absolute atomic E-state index is 0.210. The second-order valence-electron chi connectivity index (χ2n) is 4.93. The molecule has 1 aromatic carbocycles. The molecule has 2 aromatic rings. The van der Waals surface area contributed by atoms with E-state index in [1.54, 1.807) is 0 Å². The molecule has 7 nitrogen and oxygen atoms in total. The molecule has 2 N–H and O–H groups in total. The summed E-state index contributed by atoms with van der Waals surface area (Å²) in [6, 6.07) is 9.43. The Balaban J connectivity index is 1.81. The van der Waals surface area contributed by atoms with Gasteiger partial charge in [0.2, 0.25) is 0 Å². The highest BCUT2D eigenvalue weighted by Gasteiger charge is 2.44. The van der Waals surface area contributed by atoms with Crippen molar-refractivity contribution < 1.29 is 19.7 Å². The van der Waals surface area contributed by atoms with Crippen LogP contribution in [-0.4, -0.2) is 57.2 Å². The van der Waals surface area contributed by atoms with Crippen LogP contribution in [0.5, 0.6) is 0 Å². The Morgan fingerprint density at radius 3 is 2.71 bits per heavy atom. The zero-order chi connectivity index (χ0) is 14.8. The molecule has 3 rings (SSSR count). The van der Waals surface area contributed by atoms with E-state index in [9.17, 15) is 10.2 Å². The van der Waals surface area contributed by atoms with Gasteiger partial charge in [0.1, 0.15) is 30.1 Å². The van der Waals surface area contributed by atoms with E-state index >= 15 is 0 Å². The maximum absolute atomic E-state index is 10.1. The summed E-state index contributed by atoms with van der Waals surface area (Å²) in [5, 5.41) is 28.5. The third-order valence-corrected chi connectivity index (χ3v) is 3.48. The molecular formula is C14H17N3O4. The minimum atomic E-state index is -1.05. The molecule has 0 unspecified atom stereocenters. The van der Waals surface area contributed by atoms with E-state index in [1.807, 2.05) is 30.3 Å². The van der Waals surface area contributed by atoms with E-state index in [1.165, 1.54) is 18.1 Å². The largest absolute Gasteiger partial charge is 0.387 e. The fraction of sp³-hybridized carbons (Fsp3) is 0.429. The van der Waals surface area contributed by atoms with E-state index in [-0.39, 0.29) is 6.61 Å². The summed E-state index contributed by atoms with van der Waals surface area (Å²) in [6.45, 7) is 0.210. The van der Waals surface area contributed by atoms with Crippen molar-refractivity contribution in [3.05, 3.63) is 42.2 Å². The Hall–Kier alpha value is -1.80. The van der Waals surface area contributed by atoms with Crippen LogP contribution in [0.1, 0.15) is 11.8 Å². The highest BCUT2D eigenvalue weighted by atomic mass is 16.6. The summed E-state index contributed by atoms with van der Waals surface area (Å²) < 4.78 is 10.6. The summed E-state index contributed by atoms with van der Waals surface area (Å²) in [5.74, 6) is 0. The molecule has 4 atom stereocenters. The molecule has 0 radical (unpaired) electrons. The quantitative estimate of drug-likeness (QED) is 0.829. The van der Waals surface area contributed by atoms with Crippen LogP contribution in [0.25, 0.3) is 5.69 Å². The standard InChI is InChI=1S/C14H17N3O4/c1-20-8-11-12(18)13(19)14(21-11)10-7-15-17(16-10)9-5-3-2-4-6-9/h2-7,11-14,18-19H,8H2,1H3/t11-,12+,13+,14-/m1/s1. The number of aromatic nitrogens is 3. The van der Waals surface area contributed by atoms with Crippen molar-refractivity contribution in [1.82, 2.24) is 15.0 Å². The summed E-state index contributed by atoms with van der Waals surface area (Å²) in [5.41, 5.74) is 1.29. The van der Waals surface area contributed by atoms with Gasteiger partial charge in [0.15, 0.2) is 0 Å². The minimum Gasteiger partial charge on any atom is -0.387 e. The average Bonchev–Trinajstić information content (AvgIpc) is 3.09. The number of aliphatic hydroxyl groups is 2. The second kappa shape index (κ2) is 5.90. The third kappa shape index (κ3) is 2.68. The first-order chi connectivity index (χ1) is 10.2. The molecule has 0 bridgehead atoms. The molecule has 0 spiro atoms. The molecule has 1 fully saturated rings. The predicted molar refractivity (Wildman–Crippen MR) is 72.9 cm³/mol. The molecule has 1 aliphatic heterocycles. The van der Waals surface area contributed by atoms with E-state index in [4.69, 9.17) is 9.47 Å². The summed E-state index contributed by atoms with van der Waals surface area (Å²) in [7, 11) is 1.52. The van der Waals surface area contributed by atoms with Crippen LogP contribution in [0.4, 0.5) is 0 Å². The second-order valence-corrected chi connectivity index (χ2v) is 4.93. The van der Waals surface area contributed by atoms with Crippen molar-refractivity contribution in [3.8, 4) is 5.69 Å². The number of para-hydroxylation sites is 1. The Kier molecular flexibility index (Phi) is 3.98. The molecule has 7 heteroatoms. The van der Waals surface area contributed by atoms with Crippen molar-refractivity contribution in [2.75, 3.05) is 13.7 Å². The lowest BCUT2D eigenvalue weighted by atomic mass is 10.1. The smallest absolute Gasteiger partial charge is 0.132 e. The van der Waals surface area contributed by atoms with Crippen molar-refractivity contribution in [2.24, 2.45) is 0 Å². The number of benzene rings is 1. The summed E-state index contributed by atoms with van der Waals surface area (Å²) in [4.78, 5) is 1.46. The number of ether oxygens (including phenoxy) is 2. The Morgan fingerprint density at radius 2 is 2.00 bits per heavy atom. The van der Waals surface area contributed by atoms with Crippen LogP contribution in [0, 0.1) is 0 Å². The molecule has 112 valence electrons. The number of aliphatic hydroxyl groups excluding tert-OH is 2. The number of hydrogen-bond donors (Lipinski definition) is 2. The van der Waals surface area contributed by atoms with Crippen LogP contribution in [0.15, 0.2) is 36.5 Å².